The second kappa shape index (κ2) is 8.14. The maximum atomic E-state index is 12.2. The molecule has 1 aliphatic rings. The van der Waals surface area contributed by atoms with E-state index in [9.17, 15) is 9.90 Å². The van der Waals surface area contributed by atoms with E-state index >= 15 is 0 Å². The first kappa shape index (κ1) is 17.5. The molecular weight excluding hydrogens is 316 g/mol. The van der Waals surface area contributed by atoms with E-state index in [4.69, 9.17) is 4.74 Å². The van der Waals surface area contributed by atoms with Crippen molar-refractivity contribution >= 4 is 11.6 Å². The van der Waals surface area contributed by atoms with Gasteiger partial charge in [-0.3, -0.25) is 4.79 Å². The Morgan fingerprint density at radius 2 is 1.92 bits per heavy atom. The van der Waals surface area contributed by atoms with Gasteiger partial charge in [-0.1, -0.05) is 29.8 Å². The molecule has 2 aromatic rings. The van der Waals surface area contributed by atoms with Crippen molar-refractivity contribution in [3.8, 4) is 0 Å². The quantitative estimate of drug-likeness (QED) is 0.877. The van der Waals surface area contributed by atoms with E-state index in [1.807, 2.05) is 49.4 Å². The van der Waals surface area contributed by atoms with E-state index in [1.165, 1.54) is 0 Å². The zero-order chi connectivity index (χ0) is 17.6. The Kier molecular flexibility index (Phi) is 5.68. The fourth-order valence-electron chi connectivity index (χ4n) is 2.92. The molecule has 1 unspecified atom stereocenters. The van der Waals surface area contributed by atoms with Crippen LogP contribution in [0.1, 0.15) is 27.6 Å². The Labute approximate surface area is 148 Å². The average molecular weight is 340 g/mol. The minimum Gasteiger partial charge on any atom is -0.387 e. The topological polar surface area (TPSA) is 61.8 Å². The van der Waals surface area contributed by atoms with Gasteiger partial charge in [-0.2, -0.15) is 0 Å². The number of carbonyl (C=O) groups is 1. The van der Waals surface area contributed by atoms with Gasteiger partial charge in [-0.15, -0.1) is 0 Å². The molecule has 1 aliphatic heterocycles. The minimum atomic E-state index is -0.729. The minimum absolute atomic E-state index is 0.173. The summed E-state index contributed by atoms with van der Waals surface area (Å²) < 4.78 is 5.36. The lowest BCUT2D eigenvalue weighted by Gasteiger charge is -2.29. The number of carbonyl (C=O) groups excluding carboxylic acids is 1. The molecule has 1 heterocycles. The van der Waals surface area contributed by atoms with Crippen molar-refractivity contribution in [2.45, 2.75) is 13.0 Å². The number of aliphatic hydroxyl groups excluding tert-OH is 1. The summed E-state index contributed by atoms with van der Waals surface area (Å²) >= 11 is 0. The van der Waals surface area contributed by atoms with Crippen LogP contribution in [0.15, 0.2) is 48.5 Å². The molecule has 0 aliphatic carbocycles. The first-order valence-electron chi connectivity index (χ1n) is 8.59. The average Bonchev–Trinajstić information content (AvgIpc) is 2.66. The lowest BCUT2D eigenvalue weighted by atomic mass is 10.1. The van der Waals surface area contributed by atoms with E-state index in [1.54, 1.807) is 6.07 Å². The van der Waals surface area contributed by atoms with Crippen LogP contribution < -0.4 is 10.2 Å². The highest BCUT2D eigenvalue weighted by Crippen LogP contribution is 2.20. The Morgan fingerprint density at radius 3 is 2.60 bits per heavy atom. The molecule has 0 spiro atoms. The second-order valence-electron chi connectivity index (χ2n) is 6.29. The highest BCUT2D eigenvalue weighted by molar-refractivity contribution is 5.94. The van der Waals surface area contributed by atoms with Crippen molar-refractivity contribution in [3.05, 3.63) is 65.2 Å². The third-order valence-corrected chi connectivity index (χ3v) is 4.39. The fourth-order valence-corrected chi connectivity index (χ4v) is 2.92. The largest absolute Gasteiger partial charge is 0.387 e. The number of morpholine rings is 1. The Morgan fingerprint density at radius 1 is 1.20 bits per heavy atom. The molecule has 0 radical (unpaired) electrons. The summed E-state index contributed by atoms with van der Waals surface area (Å²) in [5.41, 5.74) is 3.56. The predicted octanol–water partition coefficient (Wildman–Crippen LogP) is 2.30. The van der Waals surface area contributed by atoms with Crippen LogP contribution in [0.3, 0.4) is 0 Å². The van der Waals surface area contributed by atoms with Crippen molar-refractivity contribution in [1.82, 2.24) is 5.32 Å². The molecule has 2 N–H and O–H groups in total. The van der Waals surface area contributed by atoms with Crippen LogP contribution in [0, 0.1) is 6.92 Å². The van der Waals surface area contributed by atoms with Gasteiger partial charge in [0.05, 0.1) is 19.3 Å². The van der Waals surface area contributed by atoms with Gasteiger partial charge >= 0.3 is 0 Å². The molecule has 1 fully saturated rings. The molecule has 132 valence electrons. The summed E-state index contributed by atoms with van der Waals surface area (Å²) in [6, 6.07) is 15.2. The van der Waals surface area contributed by atoms with E-state index < -0.39 is 6.10 Å². The van der Waals surface area contributed by atoms with Gasteiger partial charge in [0.1, 0.15) is 0 Å². The number of hydrogen-bond donors (Lipinski definition) is 2. The molecule has 3 rings (SSSR count). The van der Waals surface area contributed by atoms with Crippen LogP contribution in [-0.4, -0.2) is 43.9 Å². The molecule has 1 saturated heterocycles. The number of ether oxygens (including phenoxy) is 1. The van der Waals surface area contributed by atoms with Gasteiger partial charge in [0.25, 0.3) is 5.91 Å². The Balaban J connectivity index is 1.55. The van der Waals surface area contributed by atoms with Crippen LogP contribution in [-0.2, 0) is 4.74 Å². The number of aliphatic hydroxyl groups is 1. The van der Waals surface area contributed by atoms with Crippen molar-refractivity contribution in [3.63, 3.8) is 0 Å². The molecular formula is C20H24N2O3. The zero-order valence-electron chi connectivity index (χ0n) is 14.4. The Hall–Kier alpha value is -2.37. The van der Waals surface area contributed by atoms with Gasteiger partial charge in [-0.05, 0) is 36.8 Å². The summed E-state index contributed by atoms with van der Waals surface area (Å²) in [4.78, 5) is 14.4. The van der Waals surface area contributed by atoms with Gasteiger partial charge in [-0.25, -0.2) is 0 Å². The van der Waals surface area contributed by atoms with Crippen LogP contribution in [0.2, 0.25) is 0 Å². The van der Waals surface area contributed by atoms with Crippen LogP contribution >= 0.6 is 0 Å². The lowest BCUT2D eigenvalue weighted by Crippen LogP contribution is -2.36. The number of hydrogen-bond acceptors (Lipinski definition) is 4. The van der Waals surface area contributed by atoms with E-state index in [2.05, 4.69) is 10.2 Å². The van der Waals surface area contributed by atoms with Crippen LogP contribution in [0.4, 0.5) is 5.69 Å². The van der Waals surface area contributed by atoms with E-state index in [-0.39, 0.29) is 12.5 Å². The maximum absolute atomic E-state index is 12.2. The molecule has 5 nitrogen and oxygen atoms in total. The summed E-state index contributed by atoms with van der Waals surface area (Å²) in [5.74, 6) is -0.173. The standard InChI is InChI=1S/C20H24N2O3/c1-15-3-2-4-17(13-15)20(24)21-14-19(23)16-5-7-18(8-6-16)22-9-11-25-12-10-22/h2-8,13,19,23H,9-12,14H2,1H3,(H,21,24). The molecule has 1 amide bonds. The molecule has 0 saturated carbocycles. The van der Waals surface area contributed by atoms with Crippen LogP contribution in [0.5, 0.6) is 0 Å². The number of anilines is 1. The summed E-state index contributed by atoms with van der Waals surface area (Å²) in [7, 11) is 0. The Bertz CT molecular complexity index is 709. The maximum Gasteiger partial charge on any atom is 0.251 e. The highest BCUT2D eigenvalue weighted by atomic mass is 16.5. The van der Waals surface area contributed by atoms with Crippen molar-refractivity contribution in [2.75, 3.05) is 37.7 Å². The monoisotopic (exact) mass is 340 g/mol. The normalized spacial score (nSPS) is 15.7. The predicted molar refractivity (Wildman–Crippen MR) is 97.9 cm³/mol. The summed E-state index contributed by atoms with van der Waals surface area (Å²) in [5, 5.41) is 13.1. The van der Waals surface area contributed by atoms with E-state index in [0.717, 1.165) is 43.1 Å². The summed E-state index contributed by atoms with van der Waals surface area (Å²) in [6.45, 7) is 5.39. The number of aryl methyl sites for hydroxylation is 1. The fraction of sp³-hybridized carbons (Fsp3) is 0.350. The molecule has 1 atom stereocenters. The number of rotatable bonds is 5. The number of benzene rings is 2. The van der Waals surface area contributed by atoms with Gasteiger partial charge in [0.2, 0.25) is 0 Å². The third-order valence-electron chi connectivity index (χ3n) is 4.39. The number of nitrogens with zero attached hydrogens (tertiary/aromatic N) is 1. The molecule has 2 aromatic carbocycles. The van der Waals surface area contributed by atoms with Crippen molar-refractivity contribution in [2.24, 2.45) is 0 Å². The SMILES string of the molecule is Cc1cccc(C(=O)NCC(O)c2ccc(N3CCOCC3)cc2)c1. The zero-order valence-corrected chi connectivity index (χ0v) is 14.4. The first-order chi connectivity index (χ1) is 12.1. The van der Waals surface area contributed by atoms with Gasteiger partial charge in [0, 0.05) is 30.9 Å². The van der Waals surface area contributed by atoms with Gasteiger partial charge in [0.15, 0.2) is 0 Å². The van der Waals surface area contributed by atoms with Gasteiger partial charge < -0.3 is 20.1 Å². The highest BCUT2D eigenvalue weighted by Gasteiger charge is 2.14. The lowest BCUT2D eigenvalue weighted by molar-refractivity contribution is 0.0916. The second-order valence-corrected chi connectivity index (χ2v) is 6.29. The molecule has 25 heavy (non-hydrogen) atoms. The van der Waals surface area contributed by atoms with Crippen LogP contribution in [0.25, 0.3) is 0 Å². The number of nitrogens with one attached hydrogen (secondary N) is 1. The first-order valence-corrected chi connectivity index (χ1v) is 8.59. The van der Waals surface area contributed by atoms with Crippen molar-refractivity contribution in [1.29, 1.82) is 0 Å². The van der Waals surface area contributed by atoms with E-state index in [0.29, 0.717) is 5.56 Å². The smallest absolute Gasteiger partial charge is 0.251 e. The molecule has 0 bridgehead atoms. The summed E-state index contributed by atoms with van der Waals surface area (Å²) in [6.07, 6.45) is -0.729. The third kappa shape index (κ3) is 4.59. The number of amides is 1. The molecule has 5 heteroatoms. The molecule has 0 aromatic heterocycles. The van der Waals surface area contributed by atoms with Crippen molar-refractivity contribution < 1.29 is 14.6 Å².